The Morgan fingerprint density at radius 1 is 1.03 bits per heavy atom. The third kappa shape index (κ3) is 5.36. The maximum Gasteiger partial charge on any atom is 0.227 e. The van der Waals surface area contributed by atoms with Crippen LogP contribution in [-0.2, 0) is 24.4 Å². The summed E-state index contributed by atoms with van der Waals surface area (Å²) in [5.74, 6) is 0.654. The van der Waals surface area contributed by atoms with Crippen LogP contribution >= 0.6 is 0 Å². The van der Waals surface area contributed by atoms with Gasteiger partial charge in [-0.05, 0) is 54.8 Å². The standard InChI is InChI=1S/C25H27FN2O2/c26-23-11-4-9-21(15-23)16-27-13-5-10-22(18-27)25(29)28(19-24-12-6-14-30-24)17-20-7-2-1-3-8-20/h1-4,6-9,11-12,14-15,22H,5,10,13,16-19H2. The minimum absolute atomic E-state index is 0.0639. The van der Waals surface area contributed by atoms with Crippen molar-refractivity contribution in [3.63, 3.8) is 0 Å². The second-order valence-electron chi connectivity index (χ2n) is 7.96. The highest BCUT2D eigenvalue weighted by atomic mass is 19.1. The molecule has 0 bridgehead atoms. The zero-order valence-corrected chi connectivity index (χ0v) is 17.0. The number of carbonyl (C=O) groups is 1. The highest BCUT2D eigenvalue weighted by molar-refractivity contribution is 5.79. The van der Waals surface area contributed by atoms with Gasteiger partial charge in [-0.3, -0.25) is 9.69 Å². The molecule has 1 amide bonds. The summed E-state index contributed by atoms with van der Waals surface area (Å²) in [6.45, 7) is 3.30. The molecule has 4 nitrogen and oxygen atoms in total. The Morgan fingerprint density at radius 2 is 1.87 bits per heavy atom. The summed E-state index contributed by atoms with van der Waals surface area (Å²) in [7, 11) is 0. The zero-order chi connectivity index (χ0) is 20.8. The number of benzene rings is 2. The van der Waals surface area contributed by atoms with Gasteiger partial charge in [0.2, 0.25) is 5.91 Å². The Kier molecular flexibility index (Phi) is 6.60. The van der Waals surface area contributed by atoms with Crippen molar-refractivity contribution < 1.29 is 13.6 Å². The summed E-state index contributed by atoms with van der Waals surface area (Å²) in [4.78, 5) is 17.6. The smallest absolute Gasteiger partial charge is 0.227 e. The van der Waals surface area contributed by atoms with Crippen molar-refractivity contribution in [2.24, 2.45) is 5.92 Å². The molecule has 0 aliphatic carbocycles. The normalized spacial score (nSPS) is 17.0. The van der Waals surface area contributed by atoms with Crippen LogP contribution in [0, 0.1) is 11.7 Å². The molecule has 156 valence electrons. The Bertz CT molecular complexity index is 943. The van der Waals surface area contributed by atoms with Crippen molar-refractivity contribution >= 4 is 5.91 Å². The van der Waals surface area contributed by atoms with Crippen LogP contribution in [-0.4, -0.2) is 28.8 Å². The van der Waals surface area contributed by atoms with Gasteiger partial charge in [0.05, 0.1) is 18.7 Å². The second-order valence-corrected chi connectivity index (χ2v) is 7.96. The Labute approximate surface area is 176 Å². The predicted molar refractivity (Wildman–Crippen MR) is 114 cm³/mol. The number of amides is 1. The molecule has 1 saturated heterocycles. The third-order valence-electron chi connectivity index (χ3n) is 5.60. The van der Waals surface area contributed by atoms with Gasteiger partial charge in [0.1, 0.15) is 11.6 Å². The number of carbonyl (C=O) groups excluding carboxylic acids is 1. The predicted octanol–water partition coefficient (Wildman–Crippen LogP) is 4.86. The fourth-order valence-electron chi connectivity index (χ4n) is 4.16. The van der Waals surface area contributed by atoms with Crippen molar-refractivity contribution in [1.82, 2.24) is 9.80 Å². The average Bonchev–Trinajstić information content (AvgIpc) is 3.27. The van der Waals surface area contributed by atoms with E-state index in [1.807, 2.05) is 53.4 Å². The number of halogens is 1. The summed E-state index contributed by atoms with van der Waals surface area (Å²) in [5, 5.41) is 0. The number of nitrogens with zero attached hydrogens (tertiary/aromatic N) is 2. The molecule has 1 aliphatic heterocycles. The maximum absolute atomic E-state index is 13.5. The minimum atomic E-state index is -0.218. The summed E-state index contributed by atoms with van der Waals surface area (Å²) >= 11 is 0. The minimum Gasteiger partial charge on any atom is -0.467 e. The molecule has 5 heteroatoms. The summed E-state index contributed by atoms with van der Waals surface area (Å²) in [5.41, 5.74) is 2.05. The molecule has 0 spiro atoms. The van der Waals surface area contributed by atoms with Crippen LogP contribution in [0.25, 0.3) is 0 Å². The van der Waals surface area contributed by atoms with E-state index in [1.165, 1.54) is 6.07 Å². The van der Waals surface area contributed by atoms with Crippen LogP contribution in [0.2, 0.25) is 0 Å². The van der Waals surface area contributed by atoms with E-state index in [0.717, 1.165) is 36.3 Å². The largest absolute Gasteiger partial charge is 0.467 e. The van der Waals surface area contributed by atoms with Gasteiger partial charge in [-0.15, -0.1) is 0 Å². The fraction of sp³-hybridized carbons (Fsp3) is 0.320. The van der Waals surface area contributed by atoms with E-state index in [-0.39, 0.29) is 17.6 Å². The van der Waals surface area contributed by atoms with Gasteiger partial charge in [-0.25, -0.2) is 4.39 Å². The molecule has 3 aromatic rings. The molecular formula is C25H27FN2O2. The van der Waals surface area contributed by atoms with Crippen molar-refractivity contribution in [1.29, 1.82) is 0 Å². The molecule has 2 aromatic carbocycles. The van der Waals surface area contributed by atoms with Crippen LogP contribution < -0.4 is 0 Å². The van der Waals surface area contributed by atoms with E-state index in [2.05, 4.69) is 4.90 Å². The van der Waals surface area contributed by atoms with Crippen LogP contribution in [0.1, 0.15) is 29.7 Å². The van der Waals surface area contributed by atoms with Crippen molar-refractivity contribution in [3.05, 3.63) is 95.7 Å². The number of hydrogen-bond donors (Lipinski definition) is 0. The average molecular weight is 407 g/mol. The first kappa shape index (κ1) is 20.4. The highest BCUT2D eigenvalue weighted by Gasteiger charge is 2.30. The van der Waals surface area contributed by atoms with Gasteiger partial charge in [-0.2, -0.15) is 0 Å². The zero-order valence-electron chi connectivity index (χ0n) is 17.0. The lowest BCUT2D eigenvalue weighted by Gasteiger charge is -2.35. The van der Waals surface area contributed by atoms with Gasteiger partial charge >= 0.3 is 0 Å². The maximum atomic E-state index is 13.5. The Balaban J connectivity index is 1.45. The van der Waals surface area contributed by atoms with Gasteiger partial charge in [0, 0.05) is 19.6 Å². The van der Waals surface area contributed by atoms with E-state index in [0.29, 0.717) is 26.2 Å². The topological polar surface area (TPSA) is 36.7 Å². The van der Waals surface area contributed by atoms with E-state index in [4.69, 9.17) is 4.42 Å². The van der Waals surface area contributed by atoms with Crippen LogP contribution in [0.4, 0.5) is 4.39 Å². The van der Waals surface area contributed by atoms with Crippen molar-refractivity contribution in [3.8, 4) is 0 Å². The van der Waals surface area contributed by atoms with Crippen molar-refractivity contribution in [2.75, 3.05) is 13.1 Å². The molecule has 0 radical (unpaired) electrons. The van der Waals surface area contributed by atoms with Crippen LogP contribution in [0.5, 0.6) is 0 Å². The molecule has 1 aromatic heterocycles. The van der Waals surface area contributed by atoms with Gasteiger partial charge in [0.25, 0.3) is 0 Å². The summed E-state index contributed by atoms with van der Waals surface area (Å²) < 4.78 is 19.0. The van der Waals surface area contributed by atoms with E-state index in [9.17, 15) is 9.18 Å². The quantitative estimate of drug-likeness (QED) is 0.562. The summed E-state index contributed by atoms with van der Waals surface area (Å²) in [6.07, 6.45) is 3.48. The monoisotopic (exact) mass is 406 g/mol. The molecular weight excluding hydrogens is 379 g/mol. The molecule has 4 rings (SSSR count). The third-order valence-corrected chi connectivity index (χ3v) is 5.60. The first-order chi connectivity index (χ1) is 14.7. The van der Waals surface area contributed by atoms with Crippen molar-refractivity contribution in [2.45, 2.75) is 32.5 Å². The molecule has 0 saturated carbocycles. The second kappa shape index (κ2) is 9.72. The molecule has 1 fully saturated rings. The number of likely N-dealkylation sites (tertiary alicyclic amines) is 1. The molecule has 1 aliphatic rings. The Morgan fingerprint density at radius 3 is 2.63 bits per heavy atom. The van der Waals surface area contributed by atoms with Crippen LogP contribution in [0.3, 0.4) is 0 Å². The van der Waals surface area contributed by atoms with Gasteiger partial charge < -0.3 is 9.32 Å². The lowest BCUT2D eigenvalue weighted by atomic mass is 9.95. The lowest BCUT2D eigenvalue weighted by Crippen LogP contribution is -2.44. The molecule has 1 atom stereocenters. The number of rotatable bonds is 7. The van der Waals surface area contributed by atoms with E-state index < -0.39 is 0 Å². The van der Waals surface area contributed by atoms with Gasteiger partial charge in [-0.1, -0.05) is 42.5 Å². The molecule has 2 heterocycles. The van der Waals surface area contributed by atoms with Gasteiger partial charge in [0.15, 0.2) is 0 Å². The van der Waals surface area contributed by atoms with Crippen LogP contribution in [0.15, 0.2) is 77.4 Å². The number of furan rings is 1. The number of piperidine rings is 1. The molecule has 0 N–H and O–H groups in total. The molecule has 1 unspecified atom stereocenters. The highest BCUT2D eigenvalue weighted by Crippen LogP contribution is 2.23. The Hall–Kier alpha value is -2.92. The first-order valence-electron chi connectivity index (χ1n) is 10.5. The summed E-state index contributed by atoms with van der Waals surface area (Å²) in [6, 6.07) is 20.5. The fourth-order valence-corrected chi connectivity index (χ4v) is 4.16. The van der Waals surface area contributed by atoms with E-state index >= 15 is 0 Å². The number of hydrogen-bond acceptors (Lipinski definition) is 3. The molecule has 30 heavy (non-hydrogen) atoms. The lowest BCUT2D eigenvalue weighted by molar-refractivity contribution is -0.139. The van der Waals surface area contributed by atoms with E-state index in [1.54, 1.807) is 18.4 Å². The SMILES string of the molecule is O=C(C1CCCN(Cc2cccc(F)c2)C1)N(Cc1ccccc1)Cc1ccco1. The first-order valence-corrected chi connectivity index (χ1v) is 10.5.